The molecule has 1 aromatic heterocycles. The van der Waals surface area contributed by atoms with Gasteiger partial charge in [0.1, 0.15) is 11.4 Å². The number of rotatable bonds is 4. The lowest BCUT2D eigenvalue weighted by Gasteiger charge is -2.19. The van der Waals surface area contributed by atoms with Gasteiger partial charge in [0.25, 0.3) is 0 Å². The van der Waals surface area contributed by atoms with Crippen molar-refractivity contribution in [3.8, 4) is 0 Å². The molecule has 0 aromatic carbocycles. The highest BCUT2D eigenvalue weighted by Crippen LogP contribution is 2.12. The molecule has 0 aliphatic heterocycles. The smallest absolute Gasteiger partial charge is 0.407 e. The van der Waals surface area contributed by atoms with Gasteiger partial charge in [0, 0.05) is 18.3 Å². The first kappa shape index (κ1) is 16.2. The molecule has 3 N–H and O–H groups in total. The topological polar surface area (TPSA) is 90.1 Å². The van der Waals surface area contributed by atoms with E-state index in [0.717, 1.165) is 0 Å². The number of ether oxygens (including phenoxy) is 1. The SMILES string of the molecule is CC(C)(C)OC(=O)NCCC=Cc1cnc(Cl)nc1N. The van der Waals surface area contributed by atoms with Crippen LogP contribution in [0.2, 0.25) is 5.28 Å². The quantitative estimate of drug-likeness (QED) is 0.659. The third kappa shape index (κ3) is 6.38. The van der Waals surface area contributed by atoms with E-state index in [2.05, 4.69) is 15.3 Å². The molecule has 0 aliphatic carbocycles. The van der Waals surface area contributed by atoms with E-state index in [0.29, 0.717) is 24.3 Å². The van der Waals surface area contributed by atoms with Gasteiger partial charge in [0.15, 0.2) is 0 Å². The van der Waals surface area contributed by atoms with E-state index in [1.54, 1.807) is 12.3 Å². The second kappa shape index (κ2) is 7.09. The van der Waals surface area contributed by atoms with Crippen LogP contribution in [0.15, 0.2) is 12.3 Å². The minimum Gasteiger partial charge on any atom is -0.444 e. The molecule has 1 amide bonds. The second-order valence-electron chi connectivity index (χ2n) is 5.10. The fourth-order valence-corrected chi connectivity index (χ4v) is 1.43. The summed E-state index contributed by atoms with van der Waals surface area (Å²) in [7, 11) is 0. The molecule has 110 valence electrons. The summed E-state index contributed by atoms with van der Waals surface area (Å²) in [5.74, 6) is 0.321. The number of anilines is 1. The number of amides is 1. The Balaban J connectivity index is 2.34. The molecule has 7 heteroatoms. The van der Waals surface area contributed by atoms with Gasteiger partial charge in [-0.05, 0) is 38.8 Å². The highest BCUT2D eigenvalue weighted by Gasteiger charge is 2.15. The van der Waals surface area contributed by atoms with Gasteiger partial charge >= 0.3 is 6.09 Å². The van der Waals surface area contributed by atoms with E-state index < -0.39 is 11.7 Å². The number of halogens is 1. The predicted octanol–water partition coefficient (Wildman–Crippen LogP) is 2.64. The zero-order valence-corrected chi connectivity index (χ0v) is 12.6. The molecule has 6 nitrogen and oxygen atoms in total. The molecule has 1 aromatic rings. The van der Waals surface area contributed by atoms with Crippen LogP contribution in [-0.4, -0.2) is 28.2 Å². The molecular weight excluding hydrogens is 280 g/mol. The number of carbonyl (C=O) groups excluding carboxylic acids is 1. The molecule has 0 unspecified atom stereocenters. The van der Waals surface area contributed by atoms with Crippen molar-refractivity contribution in [3.05, 3.63) is 23.1 Å². The van der Waals surface area contributed by atoms with Crippen LogP contribution in [0.5, 0.6) is 0 Å². The lowest BCUT2D eigenvalue weighted by molar-refractivity contribution is 0.0529. The van der Waals surface area contributed by atoms with Crippen molar-refractivity contribution >= 4 is 29.6 Å². The fourth-order valence-electron chi connectivity index (χ4n) is 1.29. The van der Waals surface area contributed by atoms with Crippen molar-refractivity contribution < 1.29 is 9.53 Å². The highest BCUT2D eigenvalue weighted by molar-refractivity contribution is 6.28. The Morgan fingerprint density at radius 3 is 2.85 bits per heavy atom. The summed E-state index contributed by atoms with van der Waals surface area (Å²) in [4.78, 5) is 19.0. The predicted molar refractivity (Wildman–Crippen MR) is 79.3 cm³/mol. The Bertz CT molecular complexity index is 498. The summed E-state index contributed by atoms with van der Waals surface area (Å²) in [5, 5.41) is 2.77. The standard InChI is InChI=1S/C13H19ClN4O2/c1-13(2,3)20-12(19)16-7-5-4-6-9-8-17-11(14)18-10(9)15/h4,6,8H,5,7H2,1-3H3,(H,16,19)(H2,15,17,18). The highest BCUT2D eigenvalue weighted by atomic mass is 35.5. The molecule has 0 aliphatic rings. The van der Waals surface area contributed by atoms with Gasteiger partial charge in [-0.1, -0.05) is 12.2 Å². The van der Waals surface area contributed by atoms with Gasteiger partial charge in [-0.15, -0.1) is 0 Å². The van der Waals surface area contributed by atoms with Gasteiger partial charge in [0.05, 0.1) is 0 Å². The number of nitrogen functional groups attached to an aromatic ring is 1. The molecule has 0 spiro atoms. The van der Waals surface area contributed by atoms with E-state index in [-0.39, 0.29) is 5.28 Å². The van der Waals surface area contributed by atoms with Crippen LogP contribution >= 0.6 is 11.6 Å². The minimum atomic E-state index is -0.491. The normalized spacial score (nSPS) is 11.6. The van der Waals surface area contributed by atoms with E-state index in [4.69, 9.17) is 22.1 Å². The number of nitrogens with one attached hydrogen (secondary N) is 1. The van der Waals surface area contributed by atoms with Crippen LogP contribution in [0.3, 0.4) is 0 Å². The molecule has 0 saturated heterocycles. The number of aromatic nitrogens is 2. The van der Waals surface area contributed by atoms with Crippen LogP contribution in [0.4, 0.5) is 10.6 Å². The summed E-state index contributed by atoms with van der Waals surface area (Å²) < 4.78 is 5.11. The first-order chi connectivity index (χ1) is 9.28. The summed E-state index contributed by atoms with van der Waals surface area (Å²) >= 11 is 5.60. The van der Waals surface area contributed by atoms with E-state index in [1.165, 1.54) is 0 Å². The van der Waals surface area contributed by atoms with Crippen LogP contribution in [0.25, 0.3) is 6.08 Å². The van der Waals surface area contributed by atoms with Crippen LogP contribution in [-0.2, 0) is 4.74 Å². The van der Waals surface area contributed by atoms with E-state index in [1.807, 2.05) is 26.8 Å². The number of hydrogen-bond acceptors (Lipinski definition) is 5. The molecule has 0 radical (unpaired) electrons. The average Bonchev–Trinajstić information content (AvgIpc) is 2.28. The summed E-state index contributed by atoms with van der Waals surface area (Å²) in [6.07, 6.45) is 5.40. The maximum atomic E-state index is 11.4. The molecule has 1 heterocycles. The van der Waals surface area contributed by atoms with Gasteiger partial charge in [-0.3, -0.25) is 0 Å². The Morgan fingerprint density at radius 2 is 2.25 bits per heavy atom. The number of alkyl carbamates (subject to hydrolysis) is 1. The Kier molecular flexibility index (Phi) is 5.76. The maximum absolute atomic E-state index is 11.4. The molecule has 0 bridgehead atoms. The number of hydrogen-bond donors (Lipinski definition) is 2. The van der Waals surface area contributed by atoms with Crippen molar-refractivity contribution in [2.24, 2.45) is 0 Å². The first-order valence-corrected chi connectivity index (χ1v) is 6.57. The molecule has 0 atom stereocenters. The largest absolute Gasteiger partial charge is 0.444 e. The van der Waals surface area contributed by atoms with Gasteiger partial charge < -0.3 is 15.8 Å². The number of nitrogens with two attached hydrogens (primary N) is 1. The third-order valence-corrected chi connectivity index (χ3v) is 2.28. The number of nitrogens with zero attached hydrogens (tertiary/aromatic N) is 2. The van der Waals surface area contributed by atoms with Crippen molar-refractivity contribution in [3.63, 3.8) is 0 Å². The fraction of sp³-hybridized carbons (Fsp3) is 0.462. The molecular formula is C13H19ClN4O2. The van der Waals surface area contributed by atoms with Crippen LogP contribution in [0.1, 0.15) is 32.8 Å². The Hall–Kier alpha value is -1.82. The lowest BCUT2D eigenvalue weighted by atomic mass is 10.2. The van der Waals surface area contributed by atoms with Crippen LogP contribution < -0.4 is 11.1 Å². The van der Waals surface area contributed by atoms with E-state index >= 15 is 0 Å². The summed E-state index contributed by atoms with van der Waals surface area (Å²) in [6.45, 7) is 5.92. The summed E-state index contributed by atoms with van der Waals surface area (Å²) in [6, 6.07) is 0. The van der Waals surface area contributed by atoms with Crippen molar-refractivity contribution in [1.82, 2.24) is 15.3 Å². The monoisotopic (exact) mass is 298 g/mol. The van der Waals surface area contributed by atoms with Crippen LogP contribution in [0, 0.1) is 0 Å². The minimum absolute atomic E-state index is 0.117. The molecule has 20 heavy (non-hydrogen) atoms. The average molecular weight is 299 g/mol. The van der Waals surface area contributed by atoms with Gasteiger partial charge in [-0.2, -0.15) is 0 Å². The maximum Gasteiger partial charge on any atom is 0.407 e. The van der Waals surface area contributed by atoms with Crippen molar-refractivity contribution in [2.45, 2.75) is 32.8 Å². The summed E-state index contributed by atoms with van der Waals surface area (Å²) in [5.41, 5.74) is 5.87. The number of carbonyl (C=O) groups is 1. The first-order valence-electron chi connectivity index (χ1n) is 6.19. The van der Waals surface area contributed by atoms with Gasteiger partial charge in [0.2, 0.25) is 5.28 Å². The van der Waals surface area contributed by atoms with E-state index in [9.17, 15) is 4.79 Å². The molecule has 1 rings (SSSR count). The third-order valence-electron chi connectivity index (χ3n) is 2.10. The van der Waals surface area contributed by atoms with Crippen molar-refractivity contribution in [2.75, 3.05) is 12.3 Å². The zero-order valence-electron chi connectivity index (χ0n) is 11.8. The van der Waals surface area contributed by atoms with Crippen molar-refractivity contribution in [1.29, 1.82) is 0 Å². The zero-order chi connectivity index (χ0) is 15.2. The molecule has 0 saturated carbocycles. The lowest BCUT2D eigenvalue weighted by Crippen LogP contribution is -2.32. The Labute approximate surface area is 123 Å². The van der Waals surface area contributed by atoms with Gasteiger partial charge in [-0.25, -0.2) is 14.8 Å². The molecule has 0 fully saturated rings. The Morgan fingerprint density at radius 1 is 1.55 bits per heavy atom. The second-order valence-corrected chi connectivity index (χ2v) is 5.44.